The van der Waals surface area contributed by atoms with E-state index >= 15 is 0 Å². The molecule has 16 radical (unpaired) electrons. The Balaban J connectivity index is 0. The summed E-state index contributed by atoms with van der Waals surface area (Å²) in [6.45, 7) is 0. The first-order chi connectivity index (χ1) is 0. The highest BCUT2D eigenvalue weighted by atomic mass is 28.1. The number of hydrogen-bond donors (Lipinski definition) is 0. The van der Waals surface area contributed by atoms with Gasteiger partial charge in [-0.05, 0) is 0 Å². The lowest BCUT2D eigenvalue weighted by molar-refractivity contribution is 3.24. The number of rotatable bonds is 0. The van der Waals surface area contributed by atoms with Gasteiger partial charge in [0, 0.05) is 36.8 Å². The largest absolute Gasteiger partial charge is 0 e. The van der Waals surface area contributed by atoms with Gasteiger partial charge in [-0.2, -0.15) is 0 Å². The molecule has 0 unspecified atom stereocenters. The summed E-state index contributed by atoms with van der Waals surface area (Å²) in [5.41, 5.74) is 0. The molecule has 0 aliphatic heterocycles. The summed E-state index contributed by atoms with van der Waals surface area (Å²) in [6, 6.07) is 0. The highest BCUT2D eigenvalue weighted by Gasteiger charge is 0.00300. The summed E-state index contributed by atoms with van der Waals surface area (Å²) >= 11 is 0. The van der Waals surface area contributed by atoms with Crippen molar-refractivity contribution in [1.29, 1.82) is 0 Å². The zero-order valence-corrected chi connectivity index (χ0v) is 4.00. The molecule has 0 amide bonds. The molecule has 0 aromatic carbocycles. The molecular weight excluding hydrogens is 80.2 g/mol. The van der Waals surface area contributed by atoms with E-state index in [9.17, 15) is 0 Å². The molecule has 4 heavy (non-hydrogen) atoms. The molecule has 0 saturated carbocycles. The second-order valence-corrected chi connectivity index (χ2v) is 0. The molecule has 0 rings (SSSR count). The van der Waals surface area contributed by atoms with Crippen LogP contribution in [0, 0.1) is 14.9 Å². The Hall–Kier alpha value is 0.434. The van der Waals surface area contributed by atoms with Crippen molar-refractivity contribution in [3.63, 3.8) is 0 Å². The fraction of sp³-hybridized carbons (Fsp3) is 0. The zero-order chi connectivity index (χ0) is 0. The summed E-state index contributed by atoms with van der Waals surface area (Å²) in [4.78, 5) is 0. The molecule has 0 spiro atoms. The second kappa shape index (κ2) is 108. The molecule has 0 aliphatic rings. The SMILES string of the molecule is [C].[C].[Si].[Si]. The molecule has 0 aliphatic carbocycles. The summed E-state index contributed by atoms with van der Waals surface area (Å²) in [6.07, 6.45) is 0. The van der Waals surface area contributed by atoms with Gasteiger partial charge in [-0.1, -0.05) is 0 Å². The minimum atomic E-state index is 0. The quantitative estimate of drug-likeness (QED) is 0.341. The van der Waals surface area contributed by atoms with Crippen LogP contribution in [0.1, 0.15) is 0 Å². The number of hydrogen-bond acceptors (Lipinski definition) is 0. The van der Waals surface area contributed by atoms with Crippen molar-refractivity contribution in [2.24, 2.45) is 0 Å². The molecule has 0 N–H and O–H groups in total. The van der Waals surface area contributed by atoms with Gasteiger partial charge in [0.2, 0.25) is 0 Å². The van der Waals surface area contributed by atoms with E-state index in [1.165, 1.54) is 0 Å². The summed E-state index contributed by atoms with van der Waals surface area (Å²) in [7, 11) is 0. The average Bonchev–Trinajstić information content (AvgIpc) is 0. The van der Waals surface area contributed by atoms with Crippen LogP contribution >= 0.6 is 0 Å². The van der Waals surface area contributed by atoms with E-state index in [1.807, 2.05) is 0 Å². The van der Waals surface area contributed by atoms with Crippen LogP contribution in [-0.4, -0.2) is 21.9 Å². The Morgan fingerprint density at radius 1 is 0.500 bits per heavy atom. The fourth-order valence-electron chi connectivity index (χ4n) is 0. The average molecular weight is 80.2 g/mol. The highest BCUT2D eigenvalue weighted by molar-refractivity contribution is 5.76. The van der Waals surface area contributed by atoms with E-state index in [2.05, 4.69) is 0 Å². The summed E-state index contributed by atoms with van der Waals surface area (Å²) in [5, 5.41) is 0. The lowest BCUT2D eigenvalue weighted by Crippen LogP contribution is -0.382. The molecule has 2 heteroatoms. The first-order valence-electron chi connectivity index (χ1n) is 0. The van der Waals surface area contributed by atoms with Gasteiger partial charge in [0.05, 0.1) is 0 Å². The fourth-order valence-corrected chi connectivity index (χ4v) is 0. The van der Waals surface area contributed by atoms with E-state index in [0.29, 0.717) is 0 Å². The van der Waals surface area contributed by atoms with Crippen molar-refractivity contribution in [1.82, 2.24) is 0 Å². The van der Waals surface area contributed by atoms with Gasteiger partial charge in [0.1, 0.15) is 0 Å². The van der Waals surface area contributed by atoms with Crippen molar-refractivity contribution < 1.29 is 0 Å². The van der Waals surface area contributed by atoms with Crippen LogP contribution in [0.2, 0.25) is 0 Å². The Kier molecular flexibility index (Phi) is 7510. The Labute approximate surface area is 37.7 Å². The molecule has 0 bridgehead atoms. The lowest BCUT2D eigenvalue weighted by Gasteiger charge is -0.00100. The van der Waals surface area contributed by atoms with Gasteiger partial charge in [0.25, 0.3) is 0 Å². The van der Waals surface area contributed by atoms with Crippen LogP contribution < -0.4 is 0 Å². The lowest BCUT2D eigenvalue weighted by atomic mass is 12.0. The standard InChI is InChI=1S/2C.2Si. The monoisotopic (exact) mass is 80.0 g/mol. The van der Waals surface area contributed by atoms with Crippen molar-refractivity contribution in [2.75, 3.05) is 0 Å². The summed E-state index contributed by atoms with van der Waals surface area (Å²) in [5.74, 6) is 0. The molecule has 0 saturated heterocycles. The van der Waals surface area contributed by atoms with Crippen molar-refractivity contribution in [3.8, 4) is 0 Å². The Morgan fingerprint density at radius 2 is 0.500 bits per heavy atom. The van der Waals surface area contributed by atoms with E-state index in [-0.39, 0.29) is 36.8 Å². The Morgan fingerprint density at radius 3 is 0.500 bits per heavy atom. The van der Waals surface area contributed by atoms with Crippen LogP contribution in [0.4, 0.5) is 0 Å². The van der Waals surface area contributed by atoms with E-state index < -0.39 is 0 Å². The highest BCUT2D eigenvalue weighted by Crippen LogP contribution is 0.0823. The molecular formula is C2Si2. The smallest absolute Gasteiger partial charge is 0 e. The van der Waals surface area contributed by atoms with Crippen LogP contribution in [0.3, 0.4) is 0 Å². The van der Waals surface area contributed by atoms with Crippen molar-refractivity contribution >= 4 is 21.9 Å². The molecule has 16 valence electrons. The van der Waals surface area contributed by atoms with Crippen molar-refractivity contribution in [2.45, 2.75) is 0 Å². The van der Waals surface area contributed by atoms with Gasteiger partial charge >= 0.3 is 0 Å². The predicted molar refractivity (Wildman–Crippen MR) is 18.0 cm³/mol. The zero-order valence-electron chi connectivity index (χ0n) is 2.00. The Bertz CT molecular complexity index is 4.00. The van der Waals surface area contributed by atoms with Crippen LogP contribution in [0.25, 0.3) is 0 Å². The van der Waals surface area contributed by atoms with Crippen LogP contribution in [0.15, 0.2) is 0 Å². The van der Waals surface area contributed by atoms with Gasteiger partial charge in [-0.25, -0.2) is 0 Å². The van der Waals surface area contributed by atoms with E-state index in [4.69, 9.17) is 0 Å². The van der Waals surface area contributed by atoms with Gasteiger partial charge in [0.15, 0.2) is 0 Å². The molecule has 0 heterocycles. The van der Waals surface area contributed by atoms with Gasteiger partial charge in [-0.3, -0.25) is 0 Å². The van der Waals surface area contributed by atoms with E-state index in [1.54, 1.807) is 0 Å². The third-order valence-corrected chi connectivity index (χ3v) is 0. The minimum Gasteiger partial charge on any atom is 0 e. The molecule has 0 atom stereocenters. The molecule has 0 aromatic heterocycles. The van der Waals surface area contributed by atoms with Crippen LogP contribution in [0.5, 0.6) is 0 Å². The molecule has 0 fully saturated rings. The predicted octanol–water partition coefficient (Wildman–Crippen LogP) is -0.599. The maximum atomic E-state index is 0. The topological polar surface area (TPSA) is 0 Å². The molecule has 0 nitrogen and oxygen atoms in total. The maximum Gasteiger partial charge on any atom is 0 e. The first kappa shape index (κ1) is 278. The van der Waals surface area contributed by atoms with E-state index in [0.717, 1.165) is 0 Å². The molecule has 0 aromatic rings. The van der Waals surface area contributed by atoms with Gasteiger partial charge < -0.3 is 0 Å². The summed E-state index contributed by atoms with van der Waals surface area (Å²) < 4.78 is 0. The maximum absolute atomic E-state index is 0. The third kappa shape index (κ3) is 26.6. The normalized spacial score (nSPS) is 0. The second-order valence-electron chi connectivity index (χ2n) is 0. The third-order valence-electron chi connectivity index (χ3n) is 0. The minimum absolute atomic E-state index is 0. The first-order valence-corrected chi connectivity index (χ1v) is 0. The van der Waals surface area contributed by atoms with Gasteiger partial charge in [-0.15, -0.1) is 0 Å². The van der Waals surface area contributed by atoms with Crippen LogP contribution in [-0.2, 0) is 0 Å². The van der Waals surface area contributed by atoms with Crippen molar-refractivity contribution in [3.05, 3.63) is 14.9 Å².